The molecule has 2 aliphatic rings. The Balaban J connectivity index is 0.815. The molecule has 0 radical (unpaired) electrons. The zero-order valence-corrected chi connectivity index (χ0v) is 38.3. The number of nitrogens with zero attached hydrogens (tertiary/aromatic N) is 2. The van der Waals surface area contributed by atoms with E-state index in [1.165, 1.54) is 101 Å². The highest BCUT2D eigenvalue weighted by Crippen LogP contribution is 2.44. The van der Waals surface area contributed by atoms with Crippen molar-refractivity contribution in [3.63, 3.8) is 0 Å². The van der Waals surface area contributed by atoms with Crippen LogP contribution in [0.4, 0.5) is 34.1 Å². The largest absolute Gasteiger partial charge is 0.311 e. The fourth-order valence-corrected chi connectivity index (χ4v) is 11.1. The Labute approximate surface area is 397 Å². The molecule has 11 rings (SSSR count). The van der Waals surface area contributed by atoms with Crippen LogP contribution in [0.25, 0.3) is 44.5 Å². The molecule has 2 aliphatic carbocycles. The van der Waals surface area contributed by atoms with Crippen LogP contribution in [0.2, 0.25) is 0 Å². The van der Waals surface area contributed by atoms with Crippen LogP contribution < -0.4 is 9.80 Å². The van der Waals surface area contributed by atoms with Crippen molar-refractivity contribution < 1.29 is 0 Å². The average molecular weight is 867 g/mol. The van der Waals surface area contributed by atoms with Gasteiger partial charge < -0.3 is 9.80 Å². The van der Waals surface area contributed by atoms with Crippen molar-refractivity contribution in [3.8, 4) is 44.5 Å². The number of para-hydroxylation sites is 2. The molecule has 2 heteroatoms. The summed E-state index contributed by atoms with van der Waals surface area (Å²) in [6, 6.07) is 86.0. The number of fused-ring (bicyclic) bond motifs is 2. The van der Waals surface area contributed by atoms with Gasteiger partial charge in [-0.25, -0.2) is 0 Å². The summed E-state index contributed by atoms with van der Waals surface area (Å²) in [4.78, 5) is 4.66. The van der Waals surface area contributed by atoms with Crippen LogP contribution in [0.3, 0.4) is 0 Å². The normalized spacial score (nSPS) is 16.6. The number of rotatable bonds is 13. The van der Waals surface area contributed by atoms with Crippen molar-refractivity contribution in [1.82, 2.24) is 0 Å². The third kappa shape index (κ3) is 9.63. The van der Waals surface area contributed by atoms with E-state index >= 15 is 0 Å². The predicted octanol–water partition coefficient (Wildman–Crippen LogP) is 18.4. The zero-order valence-electron chi connectivity index (χ0n) is 38.3. The van der Waals surface area contributed by atoms with E-state index in [4.69, 9.17) is 0 Å². The van der Waals surface area contributed by atoms with Crippen molar-refractivity contribution in [3.05, 3.63) is 242 Å². The van der Waals surface area contributed by atoms with Gasteiger partial charge in [0.25, 0.3) is 0 Å². The number of benzene rings is 9. The Morgan fingerprint density at radius 2 is 0.567 bits per heavy atom. The molecule has 0 spiro atoms. The third-order valence-electron chi connectivity index (χ3n) is 14.5. The van der Waals surface area contributed by atoms with Crippen LogP contribution in [0.5, 0.6) is 0 Å². The van der Waals surface area contributed by atoms with E-state index < -0.39 is 0 Å². The van der Waals surface area contributed by atoms with Crippen LogP contribution in [0.1, 0.15) is 50.5 Å². The fraction of sp³-hybridized carbons (Fsp3) is 0.169. The van der Waals surface area contributed by atoms with E-state index in [0.29, 0.717) is 0 Å². The molecule has 0 saturated heterocycles. The van der Waals surface area contributed by atoms with Gasteiger partial charge in [0.15, 0.2) is 0 Å². The van der Waals surface area contributed by atoms with E-state index in [-0.39, 0.29) is 0 Å². The van der Waals surface area contributed by atoms with Crippen molar-refractivity contribution in [1.29, 1.82) is 0 Å². The monoisotopic (exact) mass is 866 g/mol. The summed E-state index contributed by atoms with van der Waals surface area (Å²) in [5, 5.41) is 0. The lowest BCUT2D eigenvalue weighted by atomic mass is 9.67. The van der Waals surface area contributed by atoms with Crippen molar-refractivity contribution in [2.24, 2.45) is 17.8 Å². The Kier molecular flexibility index (Phi) is 12.3. The highest BCUT2D eigenvalue weighted by molar-refractivity contribution is 5.83. The number of anilines is 6. The maximum atomic E-state index is 2.37. The summed E-state index contributed by atoms with van der Waals surface area (Å²) in [5.74, 6) is 2.95. The molecule has 328 valence electrons. The molecule has 0 amide bonds. The lowest BCUT2D eigenvalue weighted by Gasteiger charge is -2.39. The van der Waals surface area contributed by atoms with Gasteiger partial charge in [-0.1, -0.05) is 183 Å². The van der Waals surface area contributed by atoms with Crippen LogP contribution in [0, 0.1) is 17.8 Å². The zero-order chi connectivity index (χ0) is 44.8. The van der Waals surface area contributed by atoms with Gasteiger partial charge in [-0.05, 0) is 173 Å². The van der Waals surface area contributed by atoms with Gasteiger partial charge in [-0.2, -0.15) is 0 Å². The molecule has 2 nitrogen and oxygen atoms in total. The Morgan fingerprint density at radius 3 is 0.925 bits per heavy atom. The second kappa shape index (κ2) is 19.6. The molecule has 2 atom stereocenters. The maximum absolute atomic E-state index is 2.37. The van der Waals surface area contributed by atoms with Crippen molar-refractivity contribution in [2.45, 2.75) is 51.4 Å². The van der Waals surface area contributed by atoms with Gasteiger partial charge >= 0.3 is 0 Å². The minimum absolute atomic E-state index is 0.931. The van der Waals surface area contributed by atoms with Gasteiger partial charge in [-0.15, -0.1) is 0 Å². The van der Waals surface area contributed by atoms with Crippen molar-refractivity contribution in [2.75, 3.05) is 9.80 Å². The molecule has 67 heavy (non-hydrogen) atoms. The summed E-state index contributed by atoms with van der Waals surface area (Å²) in [6.07, 6.45) is 11.5. The first-order chi connectivity index (χ1) is 33.2. The summed E-state index contributed by atoms with van der Waals surface area (Å²) in [6.45, 7) is 0. The minimum atomic E-state index is 0.931. The molecular weight excluding hydrogens is 809 g/mol. The summed E-state index contributed by atoms with van der Waals surface area (Å²) in [7, 11) is 0. The van der Waals surface area contributed by atoms with Gasteiger partial charge in [0.05, 0.1) is 0 Å². The second-order valence-electron chi connectivity index (χ2n) is 18.9. The standard InChI is InChI=1S/C65H58N2/c1-4-13-52(14-5-1)56-29-37-63(38-30-56)67(65-43-35-59(36-44-65)58-33-39-62(40-34-58)66(60-15-6-2-7-16-60)61-17-8-3-9-18-61)64-41-31-57(32-42-64)55-27-25-54(26-28-55)53-23-21-48(22-24-53)19-20-51-46-49-11-10-12-50(45-49)47-51/h1-9,13-18,21-44,49-51H,10-12,19-20,45-47H2. The predicted molar refractivity (Wildman–Crippen MR) is 284 cm³/mol. The number of hydrogen-bond donors (Lipinski definition) is 0. The molecular formula is C65H58N2. The average Bonchev–Trinajstić information content (AvgIpc) is 3.40. The SMILES string of the molecule is c1ccc(-c2ccc(N(c3ccc(-c4ccc(-c5ccc(CCC6CC7CCCC(C7)C6)cc5)cc4)cc3)c3ccc(-c4ccc(N(c5ccccc5)c5ccccc5)cc4)cc3)cc2)cc1. The highest BCUT2D eigenvalue weighted by Gasteiger charge is 2.31. The molecule has 9 aromatic carbocycles. The molecule has 2 unspecified atom stereocenters. The van der Waals surface area contributed by atoms with Crippen LogP contribution >= 0.6 is 0 Å². The van der Waals surface area contributed by atoms with Gasteiger partial charge in [-0.3, -0.25) is 0 Å². The second-order valence-corrected chi connectivity index (χ2v) is 18.9. The first kappa shape index (κ1) is 42.2. The van der Waals surface area contributed by atoms with E-state index in [9.17, 15) is 0 Å². The van der Waals surface area contributed by atoms with Gasteiger partial charge in [0, 0.05) is 34.1 Å². The quantitative estimate of drug-likeness (QED) is 0.114. The summed E-state index contributed by atoms with van der Waals surface area (Å²) in [5.41, 5.74) is 17.9. The highest BCUT2D eigenvalue weighted by atomic mass is 15.1. The summed E-state index contributed by atoms with van der Waals surface area (Å²) >= 11 is 0. The molecule has 0 aromatic heterocycles. The molecule has 2 fully saturated rings. The molecule has 2 saturated carbocycles. The number of aryl methyl sites for hydroxylation is 1. The van der Waals surface area contributed by atoms with E-state index in [1.807, 2.05) is 0 Å². The molecule has 2 bridgehead atoms. The van der Waals surface area contributed by atoms with E-state index in [2.05, 4.69) is 246 Å². The lowest BCUT2D eigenvalue weighted by Crippen LogP contribution is -2.27. The Bertz CT molecular complexity index is 2910. The topological polar surface area (TPSA) is 6.48 Å². The minimum Gasteiger partial charge on any atom is -0.311 e. The summed E-state index contributed by atoms with van der Waals surface area (Å²) < 4.78 is 0. The first-order valence-electron chi connectivity index (χ1n) is 24.5. The van der Waals surface area contributed by atoms with Gasteiger partial charge in [0.2, 0.25) is 0 Å². The smallest absolute Gasteiger partial charge is 0.0462 e. The van der Waals surface area contributed by atoms with E-state index in [1.54, 1.807) is 0 Å². The van der Waals surface area contributed by atoms with Crippen LogP contribution in [-0.4, -0.2) is 0 Å². The first-order valence-corrected chi connectivity index (χ1v) is 24.5. The molecule has 0 N–H and O–H groups in total. The van der Waals surface area contributed by atoms with Crippen LogP contribution in [0.15, 0.2) is 237 Å². The van der Waals surface area contributed by atoms with E-state index in [0.717, 1.165) is 51.9 Å². The van der Waals surface area contributed by atoms with Crippen molar-refractivity contribution >= 4 is 34.1 Å². The Morgan fingerprint density at radius 1 is 0.284 bits per heavy atom. The number of hydrogen-bond acceptors (Lipinski definition) is 2. The third-order valence-corrected chi connectivity index (χ3v) is 14.5. The molecule has 0 aliphatic heterocycles. The lowest BCUT2D eigenvalue weighted by molar-refractivity contribution is 0.132. The Hall–Kier alpha value is -7.42. The molecule has 0 heterocycles. The van der Waals surface area contributed by atoms with Crippen LogP contribution in [-0.2, 0) is 6.42 Å². The fourth-order valence-electron chi connectivity index (χ4n) is 11.1. The maximum Gasteiger partial charge on any atom is 0.0462 e. The van der Waals surface area contributed by atoms with Gasteiger partial charge in [0.1, 0.15) is 0 Å². The molecule has 9 aromatic rings.